The molecule has 0 saturated carbocycles. The van der Waals surface area contributed by atoms with Crippen molar-refractivity contribution >= 4 is 11.9 Å². The highest BCUT2D eigenvalue weighted by atomic mass is 16.5. The number of carbonyl (C=O) groups excluding carboxylic acids is 1. The van der Waals surface area contributed by atoms with E-state index in [-0.39, 0.29) is 17.6 Å². The van der Waals surface area contributed by atoms with Gasteiger partial charge in [0.25, 0.3) is 0 Å². The summed E-state index contributed by atoms with van der Waals surface area (Å²) in [5.41, 5.74) is 0.963. The van der Waals surface area contributed by atoms with Crippen LogP contribution in [0.1, 0.15) is 28.8 Å². The third kappa shape index (κ3) is 5.04. The Kier molecular flexibility index (Phi) is 6.55. The van der Waals surface area contributed by atoms with Crippen LogP contribution in [0.2, 0.25) is 0 Å². The van der Waals surface area contributed by atoms with Crippen molar-refractivity contribution in [2.24, 2.45) is 0 Å². The number of aryl methyl sites for hydroxylation is 1. The van der Waals surface area contributed by atoms with Gasteiger partial charge in [-0.15, -0.1) is 0 Å². The molecule has 2 rings (SSSR count). The quantitative estimate of drug-likeness (QED) is 0.699. The molecule has 1 N–H and O–H groups in total. The molecule has 1 aliphatic rings. The van der Waals surface area contributed by atoms with Gasteiger partial charge in [-0.3, -0.25) is 4.79 Å². The summed E-state index contributed by atoms with van der Waals surface area (Å²) in [4.78, 5) is 25.0. The summed E-state index contributed by atoms with van der Waals surface area (Å²) in [7, 11) is 1.66. The van der Waals surface area contributed by atoms with E-state index in [1.165, 1.54) is 0 Å². The Hall–Kier alpha value is -1.92. The smallest absolute Gasteiger partial charge is 0.335 e. The first-order valence-corrected chi connectivity index (χ1v) is 7.81. The van der Waals surface area contributed by atoms with Crippen molar-refractivity contribution in [3.05, 3.63) is 35.4 Å². The van der Waals surface area contributed by atoms with Crippen LogP contribution in [0.4, 0.5) is 0 Å². The van der Waals surface area contributed by atoms with Gasteiger partial charge >= 0.3 is 5.97 Å². The zero-order valence-electron chi connectivity index (χ0n) is 13.4. The van der Waals surface area contributed by atoms with Crippen LogP contribution in [-0.2, 0) is 20.7 Å². The molecule has 1 saturated heterocycles. The lowest BCUT2D eigenvalue weighted by Crippen LogP contribution is -2.54. The minimum atomic E-state index is -0.957. The largest absolute Gasteiger partial charge is 0.478 e. The molecule has 0 aromatic heterocycles. The van der Waals surface area contributed by atoms with Crippen LogP contribution in [0.25, 0.3) is 0 Å². The number of carbonyl (C=O) groups is 2. The molecule has 1 aromatic carbocycles. The second kappa shape index (κ2) is 8.64. The first-order chi connectivity index (χ1) is 11.1. The van der Waals surface area contributed by atoms with Crippen LogP contribution in [0.3, 0.4) is 0 Å². The predicted molar refractivity (Wildman–Crippen MR) is 84.5 cm³/mol. The van der Waals surface area contributed by atoms with E-state index in [0.29, 0.717) is 44.7 Å². The Labute approximate surface area is 136 Å². The van der Waals surface area contributed by atoms with Crippen molar-refractivity contribution in [1.82, 2.24) is 4.90 Å². The van der Waals surface area contributed by atoms with E-state index in [1.807, 2.05) is 0 Å². The molecule has 1 aliphatic heterocycles. The van der Waals surface area contributed by atoms with Gasteiger partial charge in [-0.05, 0) is 24.5 Å². The number of amides is 1. The Morgan fingerprint density at radius 3 is 2.70 bits per heavy atom. The monoisotopic (exact) mass is 321 g/mol. The second-order valence-electron chi connectivity index (χ2n) is 5.60. The molecule has 0 unspecified atom stereocenters. The van der Waals surface area contributed by atoms with E-state index < -0.39 is 5.97 Å². The Bertz CT molecular complexity index is 540. The average molecular weight is 321 g/mol. The number of aromatic carboxylic acids is 1. The maximum Gasteiger partial charge on any atom is 0.335 e. The zero-order chi connectivity index (χ0) is 16.7. The van der Waals surface area contributed by atoms with Gasteiger partial charge in [0.2, 0.25) is 5.91 Å². The lowest BCUT2D eigenvalue weighted by molar-refractivity contribution is -0.145. The maximum atomic E-state index is 12.1. The van der Waals surface area contributed by atoms with Gasteiger partial charge in [0.1, 0.15) is 0 Å². The van der Waals surface area contributed by atoms with Crippen LogP contribution < -0.4 is 0 Å². The summed E-state index contributed by atoms with van der Waals surface area (Å²) in [6.07, 6.45) is 1.73. The van der Waals surface area contributed by atoms with E-state index in [4.69, 9.17) is 14.6 Å². The van der Waals surface area contributed by atoms with Crippen molar-refractivity contribution in [3.8, 4) is 0 Å². The number of benzene rings is 1. The van der Waals surface area contributed by atoms with E-state index in [0.717, 1.165) is 6.42 Å². The van der Waals surface area contributed by atoms with E-state index in [1.54, 1.807) is 36.3 Å². The minimum Gasteiger partial charge on any atom is -0.478 e. The first-order valence-electron chi connectivity index (χ1n) is 7.81. The van der Waals surface area contributed by atoms with Crippen molar-refractivity contribution in [2.75, 3.05) is 33.4 Å². The number of nitrogens with zero attached hydrogens (tertiary/aromatic N) is 1. The fourth-order valence-electron chi connectivity index (χ4n) is 2.55. The SMILES string of the molecule is COCCCOC1CN(C(=O)CCc2ccccc2C(=O)O)C1. The highest BCUT2D eigenvalue weighted by Gasteiger charge is 2.30. The molecule has 1 amide bonds. The third-order valence-electron chi connectivity index (χ3n) is 3.90. The predicted octanol–water partition coefficient (Wildman–Crippen LogP) is 1.58. The summed E-state index contributed by atoms with van der Waals surface area (Å²) >= 11 is 0. The summed E-state index contributed by atoms with van der Waals surface area (Å²) in [5, 5.41) is 9.13. The molecule has 0 atom stereocenters. The van der Waals surface area contributed by atoms with E-state index in [2.05, 4.69) is 0 Å². The number of carboxylic acid groups (broad SMARTS) is 1. The standard InChI is InChI=1S/C17H23NO5/c1-22-9-4-10-23-14-11-18(12-14)16(19)8-7-13-5-2-3-6-15(13)17(20)21/h2-3,5-6,14H,4,7-12H2,1H3,(H,20,21). The van der Waals surface area contributed by atoms with Gasteiger partial charge in [-0.2, -0.15) is 0 Å². The summed E-state index contributed by atoms with van der Waals surface area (Å²) < 4.78 is 10.6. The number of methoxy groups -OCH3 is 1. The molecule has 6 nitrogen and oxygen atoms in total. The summed E-state index contributed by atoms with van der Waals surface area (Å²) in [6, 6.07) is 6.81. The van der Waals surface area contributed by atoms with Crippen molar-refractivity contribution in [3.63, 3.8) is 0 Å². The van der Waals surface area contributed by atoms with E-state index >= 15 is 0 Å². The number of likely N-dealkylation sites (tertiary alicyclic amines) is 1. The Balaban J connectivity index is 1.70. The van der Waals surface area contributed by atoms with E-state index in [9.17, 15) is 9.59 Å². The molecule has 0 aliphatic carbocycles. The molecule has 0 radical (unpaired) electrons. The fourth-order valence-corrected chi connectivity index (χ4v) is 2.55. The maximum absolute atomic E-state index is 12.1. The normalized spacial score (nSPS) is 14.6. The van der Waals surface area contributed by atoms with Gasteiger partial charge in [-0.1, -0.05) is 18.2 Å². The van der Waals surface area contributed by atoms with Gasteiger partial charge in [0, 0.05) is 39.8 Å². The Morgan fingerprint density at radius 2 is 2.00 bits per heavy atom. The fraction of sp³-hybridized carbons (Fsp3) is 0.529. The molecule has 23 heavy (non-hydrogen) atoms. The number of rotatable bonds is 9. The van der Waals surface area contributed by atoms with Crippen molar-refractivity contribution in [1.29, 1.82) is 0 Å². The van der Waals surface area contributed by atoms with Crippen molar-refractivity contribution in [2.45, 2.75) is 25.4 Å². The molecule has 1 fully saturated rings. The first kappa shape index (κ1) is 17.4. The van der Waals surface area contributed by atoms with Crippen LogP contribution in [0.15, 0.2) is 24.3 Å². The van der Waals surface area contributed by atoms with Crippen LogP contribution in [0.5, 0.6) is 0 Å². The Morgan fingerprint density at radius 1 is 1.26 bits per heavy atom. The molecule has 0 spiro atoms. The molecule has 126 valence electrons. The minimum absolute atomic E-state index is 0.0435. The molecule has 0 bridgehead atoms. The van der Waals surface area contributed by atoms with Gasteiger partial charge in [0.15, 0.2) is 0 Å². The molecular weight excluding hydrogens is 298 g/mol. The van der Waals surface area contributed by atoms with Crippen molar-refractivity contribution < 1.29 is 24.2 Å². The molecule has 6 heteroatoms. The zero-order valence-corrected chi connectivity index (χ0v) is 13.4. The number of hydrogen-bond donors (Lipinski definition) is 1. The summed E-state index contributed by atoms with van der Waals surface area (Å²) in [6.45, 7) is 2.56. The molecule has 1 heterocycles. The van der Waals surface area contributed by atoms with Gasteiger partial charge < -0.3 is 19.5 Å². The average Bonchev–Trinajstić information content (AvgIpc) is 2.51. The number of ether oxygens (including phenoxy) is 2. The topological polar surface area (TPSA) is 76.1 Å². The van der Waals surface area contributed by atoms with Gasteiger partial charge in [0.05, 0.1) is 11.7 Å². The van der Waals surface area contributed by atoms with Crippen LogP contribution in [0, 0.1) is 0 Å². The molecular formula is C17H23NO5. The lowest BCUT2D eigenvalue weighted by atomic mass is 10.0. The van der Waals surface area contributed by atoms with Gasteiger partial charge in [-0.25, -0.2) is 4.79 Å². The van der Waals surface area contributed by atoms with Crippen LogP contribution in [-0.4, -0.2) is 61.4 Å². The lowest BCUT2D eigenvalue weighted by Gasteiger charge is -2.39. The number of carboxylic acids is 1. The highest BCUT2D eigenvalue weighted by Crippen LogP contribution is 2.16. The second-order valence-corrected chi connectivity index (χ2v) is 5.60. The highest BCUT2D eigenvalue weighted by molar-refractivity contribution is 5.89. The third-order valence-corrected chi connectivity index (χ3v) is 3.90. The van der Waals surface area contributed by atoms with Crippen LogP contribution >= 0.6 is 0 Å². The number of hydrogen-bond acceptors (Lipinski definition) is 4. The summed E-state index contributed by atoms with van der Waals surface area (Å²) in [5.74, 6) is -0.913. The molecule has 1 aromatic rings.